The number of para-hydroxylation sites is 1. The number of nitriles is 3. The van der Waals surface area contributed by atoms with Crippen LogP contribution >= 0.6 is 23.2 Å². The van der Waals surface area contributed by atoms with Crippen molar-refractivity contribution in [3.63, 3.8) is 0 Å². The second-order valence-electron chi connectivity index (χ2n) is 23.4. The van der Waals surface area contributed by atoms with Gasteiger partial charge < -0.3 is 52.4 Å². The monoisotopic (exact) mass is 1330 g/mol. The average molecular weight is 1330 g/mol. The number of piperazine rings is 3. The fraction of sp³-hybridized carbons (Fsp3) is 0.250. The third kappa shape index (κ3) is 13.9. The van der Waals surface area contributed by atoms with E-state index >= 15 is 0 Å². The summed E-state index contributed by atoms with van der Waals surface area (Å²) in [5, 5.41) is 33.0. The van der Waals surface area contributed by atoms with Crippen molar-refractivity contribution in [1.29, 1.82) is 15.8 Å². The number of rotatable bonds is 11. The fourth-order valence-corrected chi connectivity index (χ4v) is 12.8. The zero-order valence-corrected chi connectivity index (χ0v) is 54.4. The first-order valence-corrected chi connectivity index (χ1v) is 31.8. The Morgan fingerprint density at radius 1 is 0.531 bits per heavy atom. The van der Waals surface area contributed by atoms with E-state index in [2.05, 4.69) is 23.2 Å². The van der Waals surface area contributed by atoms with Gasteiger partial charge in [0.15, 0.2) is 5.76 Å². The molecule has 486 valence electrons. The number of anilines is 3. The summed E-state index contributed by atoms with van der Waals surface area (Å²) in [6.07, 6.45) is 4.68. The van der Waals surface area contributed by atoms with Crippen LogP contribution in [0.1, 0.15) is 53.5 Å². The first-order chi connectivity index (χ1) is 46.5. The fourth-order valence-electron chi connectivity index (χ4n) is 12.4. The number of carbonyl (C=O) groups is 3. The van der Waals surface area contributed by atoms with Crippen molar-refractivity contribution in [2.75, 3.05) is 114 Å². The second kappa shape index (κ2) is 29.5. The summed E-state index contributed by atoms with van der Waals surface area (Å²) in [5.74, 6) is -0.490. The molecule has 0 unspecified atom stereocenters. The maximum Gasteiger partial charge on any atom is 0.289 e. The van der Waals surface area contributed by atoms with Crippen molar-refractivity contribution in [3.8, 4) is 18.2 Å². The van der Waals surface area contributed by atoms with Crippen LogP contribution in [0.5, 0.6) is 0 Å². The lowest BCUT2D eigenvalue weighted by molar-refractivity contribution is 0.0712. The lowest BCUT2D eigenvalue weighted by Crippen LogP contribution is -2.49. The van der Waals surface area contributed by atoms with Crippen molar-refractivity contribution >= 4 is 90.7 Å². The van der Waals surface area contributed by atoms with Crippen molar-refractivity contribution in [2.45, 2.75) is 13.1 Å². The highest BCUT2D eigenvalue weighted by Crippen LogP contribution is 2.35. The number of aryl methyl sites for hydroxylation is 1. The Morgan fingerprint density at radius 2 is 1.02 bits per heavy atom. The molecular weight excluding hydrogens is 1260 g/mol. The van der Waals surface area contributed by atoms with E-state index in [0.29, 0.717) is 153 Å². The van der Waals surface area contributed by atoms with Crippen LogP contribution in [0, 0.1) is 39.8 Å². The molecule has 21 nitrogen and oxygen atoms in total. The average Bonchev–Trinajstić information content (AvgIpc) is 0.878. The number of aromatic nitrogens is 4. The Morgan fingerprint density at radius 3 is 1.53 bits per heavy atom. The number of carbonyl (C=O) groups excluding carboxylic acids is 3. The van der Waals surface area contributed by atoms with Crippen molar-refractivity contribution in [2.24, 2.45) is 7.05 Å². The molecule has 13 rings (SSSR count). The second-order valence-corrected chi connectivity index (χ2v) is 24.3. The standard InChI is InChI=1S/C28H22ClFN4O2.C23H24ClN5O3.C21H19N5O2/c29-21-8-11-25-23(16-21)26(24(17-31)28(36)34(25)18-19-4-2-1-3-5-19)32-12-14-33(15-13-32)27(35)20-6-9-22(30)10-7-20;1-26(2)7-12-29-19-6-5-16(24)14-17(19)21(18(15-25)22(29)30)27-8-10-28(11-9-27)23(31)20-4-3-13-32-20;1-24-18-7-3-2-6-16(18)19(17(13-22)21(24)28)25-9-11-26(12-10-25)20(27)15-5-4-8-23-14-15/h1-11,16H,12-15,18H2;3-6,13-14H,7-12H2,1-2H3;2-8,14H,9-12H2,1H3. The van der Waals surface area contributed by atoms with E-state index in [0.717, 1.165) is 27.4 Å². The molecule has 0 saturated carbocycles. The van der Waals surface area contributed by atoms with Gasteiger partial charge in [0.25, 0.3) is 34.4 Å². The van der Waals surface area contributed by atoms with Gasteiger partial charge in [0.05, 0.1) is 52.0 Å². The number of hydrogen-bond donors (Lipinski definition) is 0. The number of furan rings is 1. The van der Waals surface area contributed by atoms with Gasteiger partial charge in [0.2, 0.25) is 0 Å². The lowest BCUT2D eigenvalue weighted by atomic mass is 10.1. The van der Waals surface area contributed by atoms with Crippen LogP contribution in [-0.4, -0.2) is 155 Å². The summed E-state index contributed by atoms with van der Waals surface area (Å²) in [6, 6.07) is 46.6. The number of fused-ring (bicyclic) bond motifs is 3. The Labute approximate surface area is 561 Å². The van der Waals surface area contributed by atoms with E-state index in [1.807, 2.05) is 94.4 Å². The Hall–Kier alpha value is -11.1. The molecule has 10 aromatic rings. The molecule has 3 saturated heterocycles. The highest BCUT2D eigenvalue weighted by atomic mass is 35.5. The van der Waals surface area contributed by atoms with Crippen molar-refractivity contribution < 1.29 is 23.2 Å². The maximum absolute atomic E-state index is 13.5. The highest BCUT2D eigenvalue weighted by molar-refractivity contribution is 6.32. The van der Waals surface area contributed by atoms with E-state index < -0.39 is 5.82 Å². The first kappa shape index (κ1) is 66.4. The Kier molecular flexibility index (Phi) is 20.4. The first-order valence-electron chi connectivity index (χ1n) is 31.0. The minimum atomic E-state index is -0.395. The summed E-state index contributed by atoms with van der Waals surface area (Å²) >= 11 is 12.7. The summed E-state index contributed by atoms with van der Waals surface area (Å²) < 4.78 is 23.2. The number of pyridine rings is 4. The molecule has 96 heavy (non-hydrogen) atoms. The molecule has 8 heterocycles. The zero-order chi connectivity index (χ0) is 67.7. The normalized spacial score (nSPS) is 14.0. The Bertz CT molecular complexity index is 4890. The molecule has 0 aliphatic carbocycles. The molecule has 0 radical (unpaired) electrons. The number of amides is 3. The SMILES string of the molecule is CN(C)CCn1c(=O)c(C#N)c(N2CCN(C(=O)c3ccco3)CC2)c2cc(Cl)ccc21.Cn1c(=O)c(C#N)c(N2CCN(C(=O)c3cccnc3)CC2)c2ccccc21.N#Cc1c(N2CCN(C(=O)c3ccc(F)cc3)CC2)c2cc(Cl)ccc2n(Cc2ccccc2)c1=O. The molecule has 3 amide bonds. The van der Waals surface area contributed by atoms with Crippen LogP contribution in [0.4, 0.5) is 21.5 Å². The molecule has 0 atom stereocenters. The maximum atomic E-state index is 13.5. The summed E-state index contributed by atoms with van der Waals surface area (Å²) in [7, 11) is 5.56. The molecule has 0 N–H and O–H groups in total. The van der Waals surface area contributed by atoms with E-state index in [4.69, 9.17) is 27.6 Å². The predicted octanol–water partition coefficient (Wildman–Crippen LogP) is 9.09. The van der Waals surface area contributed by atoms with Gasteiger partial charge >= 0.3 is 0 Å². The topological polar surface area (TPSA) is 237 Å². The summed E-state index contributed by atoms with van der Waals surface area (Å²) in [6.45, 7) is 7.15. The van der Waals surface area contributed by atoms with Gasteiger partial charge in [0, 0.05) is 143 Å². The van der Waals surface area contributed by atoms with Crippen LogP contribution in [0.15, 0.2) is 177 Å². The van der Waals surface area contributed by atoms with Gasteiger partial charge in [-0.3, -0.25) is 33.8 Å². The van der Waals surface area contributed by atoms with Crippen molar-refractivity contribution in [1.82, 2.24) is 38.3 Å². The number of nitrogens with zero attached hydrogens (tertiary/aromatic N) is 14. The number of hydrogen-bond acceptors (Lipinski definition) is 15. The molecule has 5 aromatic carbocycles. The number of benzene rings is 5. The Balaban J connectivity index is 0.000000147. The molecule has 3 fully saturated rings. The third-order valence-electron chi connectivity index (χ3n) is 17.3. The largest absolute Gasteiger partial charge is 0.459 e. The quantitative estimate of drug-likeness (QED) is 0.117. The van der Waals surface area contributed by atoms with Crippen LogP contribution in [-0.2, 0) is 20.1 Å². The van der Waals surface area contributed by atoms with Gasteiger partial charge in [0.1, 0.15) is 40.7 Å². The predicted molar refractivity (Wildman–Crippen MR) is 368 cm³/mol. The van der Waals surface area contributed by atoms with Gasteiger partial charge in [-0.25, -0.2) is 4.39 Å². The van der Waals surface area contributed by atoms with Crippen LogP contribution in [0.3, 0.4) is 0 Å². The molecule has 3 aliphatic heterocycles. The van der Waals surface area contributed by atoms with E-state index in [9.17, 15) is 48.9 Å². The molecule has 3 aliphatic rings. The zero-order valence-electron chi connectivity index (χ0n) is 52.9. The van der Waals surface area contributed by atoms with E-state index in [-0.39, 0.29) is 51.1 Å². The number of halogens is 3. The molecule has 5 aromatic heterocycles. The summed E-state index contributed by atoms with van der Waals surface area (Å²) in [4.78, 5) is 94.8. The number of likely N-dealkylation sites (N-methyl/N-ethyl adjacent to an activating group) is 1. The van der Waals surface area contributed by atoms with Gasteiger partial charge in [-0.2, -0.15) is 15.8 Å². The third-order valence-corrected chi connectivity index (χ3v) is 17.8. The minimum Gasteiger partial charge on any atom is -0.459 e. The van der Waals surface area contributed by atoms with Crippen molar-refractivity contribution in [3.05, 3.63) is 244 Å². The summed E-state index contributed by atoms with van der Waals surface area (Å²) in [5.41, 5.74) is 5.25. The lowest BCUT2D eigenvalue weighted by Gasteiger charge is -2.37. The van der Waals surface area contributed by atoms with Crippen LogP contribution in [0.25, 0.3) is 32.7 Å². The van der Waals surface area contributed by atoms with Gasteiger partial charge in [-0.05, 0) is 111 Å². The van der Waals surface area contributed by atoms with Crippen LogP contribution < -0.4 is 31.4 Å². The smallest absolute Gasteiger partial charge is 0.289 e. The molecule has 24 heteroatoms. The molecule has 0 bridgehead atoms. The van der Waals surface area contributed by atoms with E-state index in [1.165, 1.54) is 35.1 Å². The molecule has 0 spiro atoms. The van der Waals surface area contributed by atoms with Gasteiger partial charge in [-0.15, -0.1) is 0 Å². The van der Waals surface area contributed by atoms with Crippen LogP contribution in [0.2, 0.25) is 10.0 Å². The highest BCUT2D eigenvalue weighted by Gasteiger charge is 2.31. The minimum absolute atomic E-state index is 0.0536. The molecular formula is C72H65Cl2FN14O7. The van der Waals surface area contributed by atoms with E-state index in [1.54, 1.807) is 97.9 Å². The van der Waals surface area contributed by atoms with Gasteiger partial charge in [-0.1, -0.05) is 71.7 Å².